The largest absolute Gasteiger partial charge is 0.457 e. The molecule has 0 N–H and O–H groups in total. The fraction of sp³-hybridized carbons (Fsp3) is 0.200. The van der Waals surface area contributed by atoms with Crippen LogP contribution in [0.25, 0.3) is 0 Å². The van der Waals surface area contributed by atoms with Crippen molar-refractivity contribution in [2.45, 2.75) is 35.5 Å². The third-order valence-electron chi connectivity index (χ3n) is 6.62. The Balaban J connectivity index is 1.53. The Bertz CT molecular complexity index is 1530. The molecule has 4 aromatic rings. The van der Waals surface area contributed by atoms with E-state index >= 15 is 0 Å². The summed E-state index contributed by atoms with van der Waals surface area (Å²) in [5.74, 6) is -34.3. The van der Waals surface area contributed by atoms with E-state index in [0.717, 1.165) is 24.3 Å². The summed E-state index contributed by atoms with van der Waals surface area (Å²) in [6.45, 7) is 0. The van der Waals surface area contributed by atoms with Gasteiger partial charge in [-0.3, -0.25) is 0 Å². The molecule has 0 radical (unpaired) electrons. The predicted molar refractivity (Wildman–Crippen MR) is 141 cm³/mol. The van der Waals surface area contributed by atoms with Gasteiger partial charge in [-0.1, -0.05) is 47.5 Å². The van der Waals surface area contributed by atoms with E-state index < -0.39 is 79.3 Å². The van der Waals surface area contributed by atoms with Crippen LogP contribution in [-0.2, 0) is 23.7 Å². The van der Waals surface area contributed by atoms with Crippen LogP contribution in [-0.4, -0.2) is 11.8 Å². The molecule has 0 saturated heterocycles. The third-order valence-corrected chi connectivity index (χ3v) is 7.09. The van der Waals surface area contributed by atoms with Gasteiger partial charge in [-0.05, 0) is 72.8 Å². The molecule has 4 aromatic carbocycles. The maximum Gasteiger partial charge on any atom is 0.380 e. The number of benzene rings is 4. The fourth-order valence-electron chi connectivity index (χ4n) is 4.09. The van der Waals surface area contributed by atoms with Gasteiger partial charge >= 0.3 is 35.5 Å². The van der Waals surface area contributed by atoms with Crippen molar-refractivity contribution in [1.82, 2.24) is 0 Å². The standard InChI is InChI=1S/C30H16Cl2F12O/c31-21-5-1-3-19(15-21)27(37,38)29(41,42)25(33,34)17-7-11-23(12-8-17)45-24-13-9-18(10-14-24)26(35,36)30(43,44)28(39,40)20-4-2-6-22(32)16-20/h1-16H. The van der Waals surface area contributed by atoms with Crippen molar-refractivity contribution in [2.24, 2.45) is 0 Å². The van der Waals surface area contributed by atoms with Gasteiger partial charge in [0.1, 0.15) is 11.5 Å². The first kappa shape index (κ1) is 34.3. The molecule has 0 aromatic heterocycles. The Kier molecular flexibility index (Phi) is 8.88. The molecule has 0 heterocycles. The first-order valence-electron chi connectivity index (χ1n) is 12.3. The Hall–Kier alpha value is -3.58. The molecular weight excluding hydrogens is 675 g/mol. The van der Waals surface area contributed by atoms with E-state index in [4.69, 9.17) is 27.9 Å². The minimum atomic E-state index is -5.94. The highest BCUT2D eigenvalue weighted by molar-refractivity contribution is 6.30. The van der Waals surface area contributed by atoms with E-state index in [1.54, 1.807) is 0 Å². The lowest BCUT2D eigenvalue weighted by atomic mass is 9.92. The minimum absolute atomic E-state index is 0.346. The molecule has 0 unspecified atom stereocenters. The maximum absolute atomic E-state index is 14.7. The summed E-state index contributed by atoms with van der Waals surface area (Å²) >= 11 is 11.1. The lowest BCUT2D eigenvalue weighted by molar-refractivity contribution is -0.321. The number of hydrogen-bond donors (Lipinski definition) is 0. The second-order valence-electron chi connectivity index (χ2n) is 9.62. The number of ether oxygens (including phenoxy) is 1. The van der Waals surface area contributed by atoms with Crippen LogP contribution in [0.2, 0.25) is 10.0 Å². The quantitative estimate of drug-likeness (QED) is 0.151. The molecule has 0 atom stereocenters. The van der Waals surface area contributed by atoms with Crippen molar-refractivity contribution < 1.29 is 57.4 Å². The van der Waals surface area contributed by atoms with Gasteiger partial charge in [0.2, 0.25) is 0 Å². The van der Waals surface area contributed by atoms with Crippen molar-refractivity contribution in [3.8, 4) is 11.5 Å². The van der Waals surface area contributed by atoms with Gasteiger partial charge < -0.3 is 4.74 Å². The molecule has 1 nitrogen and oxygen atoms in total. The molecule has 0 aliphatic heterocycles. The van der Waals surface area contributed by atoms with Crippen LogP contribution in [0.1, 0.15) is 22.3 Å². The Morgan fingerprint density at radius 1 is 0.378 bits per heavy atom. The summed E-state index contributed by atoms with van der Waals surface area (Å²) in [7, 11) is 0. The summed E-state index contributed by atoms with van der Waals surface area (Å²) in [6, 6.07) is 9.77. The van der Waals surface area contributed by atoms with Crippen LogP contribution >= 0.6 is 23.2 Å². The summed E-state index contributed by atoms with van der Waals surface area (Å²) < 4.78 is 181. The first-order valence-corrected chi connectivity index (χ1v) is 13.1. The van der Waals surface area contributed by atoms with Crippen LogP contribution < -0.4 is 4.74 Å². The predicted octanol–water partition coefficient (Wildman–Crippen LogP) is 11.8. The van der Waals surface area contributed by atoms with Gasteiger partial charge in [0.15, 0.2) is 0 Å². The van der Waals surface area contributed by atoms with Gasteiger partial charge in [-0.25, -0.2) is 0 Å². The highest BCUT2D eigenvalue weighted by Crippen LogP contribution is 2.57. The topological polar surface area (TPSA) is 9.23 Å². The molecule has 0 spiro atoms. The number of alkyl halides is 12. The summed E-state index contributed by atoms with van der Waals surface area (Å²) in [5, 5.41) is -0.789. The second-order valence-corrected chi connectivity index (χ2v) is 10.5. The first-order chi connectivity index (χ1) is 20.7. The van der Waals surface area contributed by atoms with E-state index in [2.05, 4.69) is 0 Å². The lowest BCUT2D eigenvalue weighted by Crippen LogP contribution is -2.50. The maximum atomic E-state index is 14.7. The molecule has 0 saturated carbocycles. The van der Waals surface area contributed by atoms with Gasteiger partial charge in [0.05, 0.1) is 0 Å². The number of rotatable bonds is 10. The Morgan fingerprint density at radius 2 is 0.667 bits per heavy atom. The molecule has 240 valence electrons. The van der Waals surface area contributed by atoms with E-state index in [-0.39, 0.29) is 0 Å². The van der Waals surface area contributed by atoms with Crippen LogP contribution in [0, 0.1) is 0 Å². The molecular formula is C30H16Cl2F12O. The van der Waals surface area contributed by atoms with Crippen LogP contribution in [0.15, 0.2) is 97.1 Å². The monoisotopic (exact) mass is 690 g/mol. The van der Waals surface area contributed by atoms with Crippen LogP contribution in [0.5, 0.6) is 11.5 Å². The Morgan fingerprint density at radius 3 is 0.956 bits per heavy atom. The average Bonchev–Trinajstić information content (AvgIpc) is 2.97. The van der Waals surface area contributed by atoms with Gasteiger partial charge in [0, 0.05) is 32.3 Å². The summed E-state index contributed by atoms with van der Waals surface area (Å²) in [6.07, 6.45) is 0. The van der Waals surface area contributed by atoms with Crippen molar-refractivity contribution >= 4 is 23.2 Å². The van der Waals surface area contributed by atoms with Crippen molar-refractivity contribution in [3.63, 3.8) is 0 Å². The molecule has 0 bridgehead atoms. The van der Waals surface area contributed by atoms with Gasteiger partial charge in [-0.2, -0.15) is 52.7 Å². The van der Waals surface area contributed by atoms with Crippen molar-refractivity contribution in [3.05, 3.63) is 129 Å². The smallest absolute Gasteiger partial charge is 0.380 e. The molecule has 4 rings (SSSR count). The minimum Gasteiger partial charge on any atom is -0.457 e. The average molecular weight is 691 g/mol. The van der Waals surface area contributed by atoms with E-state index in [1.165, 1.54) is 0 Å². The SMILES string of the molecule is FC(F)(c1ccc(Oc2ccc(C(F)(F)C(F)(F)C(F)(F)c3cccc(Cl)c3)cc2)cc1)C(F)(F)C(F)(F)c1cccc(Cl)c1. The normalized spacial score (nSPS) is 13.6. The Labute approximate surface area is 256 Å². The number of halogens is 14. The zero-order valence-electron chi connectivity index (χ0n) is 21.9. The third kappa shape index (κ3) is 5.92. The van der Waals surface area contributed by atoms with Gasteiger partial charge in [0.25, 0.3) is 0 Å². The lowest BCUT2D eigenvalue weighted by Gasteiger charge is -2.33. The molecule has 15 heteroatoms. The second kappa shape index (κ2) is 11.7. The number of hydrogen-bond acceptors (Lipinski definition) is 1. The van der Waals surface area contributed by atoms with Crippen LogP contribution in [0.4, 0.5) is 52.7 Å². The molecule has 0 amide bonds. The van der Waals surface area contributed by atoms with E-state index in [1.807, 2.05) is 0 Å². The zero-order valence-corrected chi connectivity index (χ0v) is 23.4. The summed E-state index contributed by atoms with van der Waals surface area (Å²) in [5.41, 5.74) is -6.00. The molecule has 45 heavy (non-hydrogen) atoms. The molecule has 0 aliphatic carbocycles. The van der Waals surface area contributed by atoms with Crippen molar-refractivity contribution in [1.29, 1.82) is 0 Å². The highest BCUT2D eigenvalue weighted by Gasteiger charge is 2.73. The van der Waals surface area contributed by atoms with E-state index in [0.29, 0.717) is 72.8 Å². The molecule has 0 aliphatic rings. The molecule has 0 fully saturated rings. The fourth-order valence-corrected chi connectivity index (χ4v) is 4.47. The summed E-state index contributed by atoms with van der Waals surface area (Å²) in [4.78, 5) is 0. The zero-order chi connectivity index (χ0) is 33.6. The van der Waals surface area contributed by atoms with Crippen molar-refractivity contribution in [2.75, 3.05) is 0 Å². The van der Waals surface area contributed by atoms with Crippen LogP contribution in [0.3, 0.4) is 0 Å². The van der Waals surface area contributed by atoms with E-state index in [9.17, 15) is 52.7 Å². The highest BCUT2D eigenvalue weighted by atomic mass is 35.5. The van der Waals surface area contributed by atoms with Gasteiger partial charge in [-0.15, -0.1) is 0 Å².